The van der Waals surface area contributed by atoms with E-state index < -0.39 is 0 Å². The molecule has 0 saturated carbocycles. The van der Waals surface area contributed by atoms with Crippen LogP contribution in [0.4, 0.5) is 5.69 Å². The third-order valence-electron chi connectivity index (χ3n) is 1.45. The van der Waals surface area contributed by atoms with E-state index in [-0.39, 0.29) is 0 Å². The molecule has 0 amide bonds. The van der Waals surface area contributed by atoms with Crippen molar-refractivity contribution in [1.82, 2.24) is 0 Å². The lowest BCUT2D eigenvalue weighted by Crippen LogP contribution is -2.04. The van der Waals surface area contributed by atoms with Crippen molar-refractivity contribution in [3.05, 3.63) is 29.8 Å². The normalized spacial score (nSPS) is 13.5. The molecular formula is C7H7N. The van der Waals surface area contributed by atoms with Crippen LogP contribution in [0, 0.1) is 0 Å². The summed E-state index contributed by atoms with van der Waals surface area (Å²) in [5.74, 6) is 0. The number of nitrogens with one attached hydrogen (secondary N) is 1. The second-order valence-corrected chi connectivity index (χ2v) is 2.05. The van der Waals surface area contributed by atoms with Gasteiger partial charge in [0.05, 0.1) is 0 Å². The van der Waals surface area contributed by atoms with Crippen molar-refractivity contribution in [3.8, 4) is 0 Å². The minimum absolute atomic E-state index is 1.02. The molecule has 0 aromatic heterocycles. The Hall–Kier alpha value is -0.980. The summed E-state index contributed by atoms with van der Waals surface area (Å²) in [6, 6.07) is 8.48. The molecule has 1 heteroatoms. The van der Waals surface area contributed by atoms with Crippen molar-refractivity contribution >= 4 is 5.69 Å². The first-order valence-corrected chi connectivity index (χ1v) is 2.78. The van der Waals surface area contributed by atoms with Crippen LogP contribution in [0.25, 0.3) is 0 Å². The molecule has 40 valence electrons. The first-order chi connectivity index (χ1) is 3.95. The van der Waals surface area contributed by atoms with Crippen LogP contribution in [-0.4, -0.2) is 0 Å². The highest BCUT2D eigenvalue weighted by Gasteiger charge is 1.99. The average molecular weight is 105 g/mol. The van der Waals surface area contributed by atoms with Crippen molar-refractivity contribution in [3.63, 3.8) is 0 Å². The fourth-order valence-corrected chi connectivity index (χ4v) is 0.945. The van der Waals surface area contributed by atoms with Gasteiger partial charge < -0.3 is 5.32 Å². The molecule has 0 fully saturated rings. The van der Waals surface area contributed by atoms with Crippen LogP contribution in [-0.2, 0) is 6.54 Å². The summed E-state index contributed by atoms with van der Waals surface area (Å²) in [5, 5.41) is 3.22. The van der Waals surface area contributed by atoms with Crippen LogP contribution in [0.2, 0.25) is 0 Å². The van der Waals surface area contributed by atoms with Gasteiger partial charge in [-0.1, -0.05) is 12.1 Å². The van der Waals surface area contributed by atoms with Crippen LogP contribution in [0.5, 0.6) is 0 Å². The maximum absolute atomic E-state index is 3.22. The van der Waals surface area contributed by atoms with Crippen molar-refractivity contribution in [2.24, 2.45) is 0 Å². The van der Waals surface area contributed by atoms with Crippen LogP contribution in [0.3, 0.4) is 0 Å². The van der Waals surface area contributed by atoms with E-state index in [1.165, 1.54) is 11.3 Å². The average Bonchev–Trinajstić information content (AvgIpc) is 1.92. The van der Waals surface area contributed by atoms with Gasteiger partial charge in [-0.3, -0.25) is 0 Å². The summed E-state index contributed by atoms with van der Waals surface area (Å²) in [6.07, 6.45) is 0. The fraction of sp³-hybridized carbons (Fsp3) is 0.143. The molecule has 0 atom stereocenters. The molecule has 0 saturated heterocycles. The quantitative estimate of drug-likeness (QED) is 0.528. The Morgan fingerprint density at radius 3 is 2.00 bits per heavy atom. The monoisotopic (exact) mass is 105 g/mol. The zero-order chi connectivity index (χ0) is 5.40. The van der Waals surface area contributed by atoms with Gasteiger partial charge in [0.2, 0.25) is 0 Å². The van der Waals surface area contributed by atoms with E-state index >= 15 is 0 Å². The Labute approximate surface area is 48.3 Å². The number of hydrogen-bond acceptors (Lipinski definition) is 1. The molecular weight excluding hydrogens is 98.1 g/mol. The largest absolute Gasteiger partial charge is 0.381 e. The van der Waals surface area contributed by atoms with Gasteiger partial charge in [-0.25, -0.2) is 0 Å². The third kappa shape index (κ3) is 0.413. The summed E-state index contributed by atoms with van der Waals surface area (Å²) in [4.78, 5) is 0. The first kappa shape index (κ1) is 3.96. The van der Waals surface area contributed by atoms with Gasteiger partial charge in [0.15, 0.2) is 0 Å². The van der Waals surface area contributed by atoms with Gasteiger partial charge in [-0.15, -0.1) is 0 Å². The zero-order valence-electron chi connectivity index (χ0n) is 4.52. The van der Waals surface area contributed by atoms with Crippen LogP contribution in [0.15, 0.2) is 24.3 Å². The van der Waals surface area contributed by atoms with E-state index in [9.17, 15) is 0 Å². The van der Waals surface area contributed by atoms with E-state index in [1.807, 2.05) is 0 Å². The molecule has 2 aliphatic rings. The molecule has 8 heavy (non-hydrogen) atoms. The van der Waals surface area contributed by atoms with Gasteiger partial charge in [0.1, 0.15) is 0 Å². The molecule has 3 rings (SSSR count). The Morgan fingerprint density at radius 2 is 1.88 bits per heavy atom. The maximum atomic E-state index is 3.22. The topological polar surface area (TPSA) is 12.0 Å². The van der Waals surface area contributed by atoms with Crippen molar-refractivity contribution in [2.45, 2.75) is 6.54 Å². The summed E-state index contributed by atoms with van der Waals surface area (Å²) in [6.45, 7) is 1.02. The second kappa shape index (κ2) is 1.25. The minimum Gasteiger partial charge on any atom is -0.381 e. The van der Waals surface area contributed by atoms with E-state index in [4.69, 9.17) is 0 Å². The van der Waals surface area contributed by atoms with Crippen molar-refractivity contribution in [1.29, 1.82) is 0 Å². The maximum Gasteiger partial charge on any atom is 0.0400 e. The lowest BCUT2D eigenvalue weighted by Gasteiger charge is -2.12. The van der Waals surface area contributed by atoms with Crippen LogP contribution >= 0.6 is 0 Å². The molecule has 0 radical (unpaired) electrons. The summed E-state index contributed by atoms with van der Waals surface area (Å²) in [7, 11) is 0. The summed E-state index contributed by atoms with van der Waals surface area (Å²) in [5.41, 5.74) is 2.61. The van der Waals surface area contributed by atoms with Crippen molar-refractivity contribution in [2.75, 3.05) is 5.32 Å². The van der Waals surface area contributed by atoms with Gasteiger partial charge in [-0.2, -0.15) is 0 Å². The summed E-state index contributed by atoms with van der Waals surface area (Å²) >= 11 is 0. The van der Waals surface area contributed by atoms with Gasteiger partial charge >= 0.3 is 0 Å². The molecule has 2 aliphatic heterocycles. The Kier molecular flexibility index (Phi) is 0.618. The number of benzene rings is 1. The van der Waals surface area contributed by atoms with E-state index in [1.54, 1.807) is 0 Å². The molecule has 1 aromatic carbocycles. The van der Waals surface area contributed by atoms with Gasteiger partial charge in [-0.05, 0) is 17.7 Å². The fourth-order valence-electron chi connectivity index (χ4n) is 0.945. The predicted molar refractivity (Wildman–Crippen MR) is 33.8 cm³/mol. The number of rotatable bonds is 0. The molecule has 2 bridgehead atoms. The van der Waals surface area contributed by atoms with E-state index in [2.05, 4.69) is 29.6 Å². The highest BCUT2D eigenvalue weighted by Crippen LogP contribution is 2.15. The van der Waals surface area contributed by atoms with E-state index in [0.29, 0.717) is 0 Å². The van der Waals surface area contributed by atoms with Gasteiger partial charge in [0, 0.05) is 12.2 Å². The molecule has 2 heterocycles. The Bertz CT molecular complexity index is 165. The van der Waals surface area contributed by atoms with Crippen molar-refractivity contribution < 1.29 is 0 Å². The molecule has 1 N–H and O–H groups in total. The predicted octanol–water partition coefficient (Wildman–Crippen LogP) is 1.61. The molecule has 0 aliphatic carbocycles. The molecule has 0 spiro atoms. The molecule has 1 nitrogen and oxygen atoms in total. The minimum atomic E-state index is 1.02. The molecule has 1 aromatic rings. The SMILES string of the molecule is c1cc2ccc1CN2. The highest BCUT2D eigenvalue weighted by molar-refractivity contribution is 5.49. The number of anilines is 1. The van der Waals surface area contributed by atoms with Gasteiger partial charge in [0.25, 0.3) is 0 Å². The summed E-state index contributed by atoms with van der Waals surface area (Å²) < 4.78 is 0. The Morgan fingerprint density at radius 1 is 1.12 bits per heavy atom. The van der Waals surface area contributed by atoms with Crippen LogP contribution < -0.4 is 5.32 Å². The standard InChI is InChI=1S/C7H7N/c1-3-7-4-2-6(1)5-8-7/h1-4,8H,5H2. The number of fused-ring (bicyclic) bond motifs is 3. The highest BCUT2D eigenvalue weighted by atomic mass is 14.9. The second-order valence-electron chi connectivity index (χ2n) is 2.05. The third-order valence-corrected chi connectivity index (χ3v) is 1.45. The number of hydrogen-bond donors (Lipinski definition) is 1. The lowest BCUT2D eigenvalue weighted by atomic mass is 10.1. The Balaban J connectivity index is 2.69. The zero-order valence-corrected chi connectivity index (χ0v) is 4.52. The molecule has 0 unspecified atom stereocenters. The lowest BCUT2D eigenvalue weighted by molar-refractivity contribution is 1.11. The first-order valence-electron chi connectivity index (χ1n) is 2.78. The smallest absolute Gasteiger partial charge is 0.0400 e. The van der Waals surface area contributed by atoms with Crippen LogP contribution in [0.1, 0.15) is 5.56 Å². The van der Waals surface area contributed by atoms with E-state index in [0.717, 1.165) is 6.54 Å².